The summed E-state index contributed by atoms with van der Waals surface area (Å²) in [4.78, 5) is 13.7. The van der Waals surface area contributed by atoms with E-state index < -0.39 is 0 Å². The number of nitrogens with one attached hydrogen (secondary N) is 1. The van der Waals surface area contributed by atoms with Crippen molar-refractivity contribution in [2.45, 2.75) is 27.7 Å². The maximum atomic E-state index is 4.58. The van der Waals surface area contributed by atoms with Gasteiger partial charge in [-0.05, 0) is 57.5 Å². The van der Waals surface area contributed by atoms with Crippen molar-refractivity contribution in [3.8, 4) is 11.1 Å². The summed E-state index contributed by atoms with van der Waals surface area (Å²) in [7, 11) is 0. The first-order valence-electron chi connectivity index (χ1n) is 10.0. The zero-order valence-corrected chi connectivity index (χ0v) is 18.2. The molecule has 0 saturated carbocycles. The summed E-state index contributed by atoms with van der Waals surface area (Å²) < 4.78 is 0. The van der Waals surface area contributed by atoms with Crippen molar-refractivity contribution >= 4 is 38.7 Å². The minimum absolute atomic E-state index is 0.852. The molecule has 1 N–H and O–H groups in total. The highest BCUT2D eigenvalue weighted by molar-refractivity contribution is 7.19. The summed E-state index contributed by atoms with van der Waals surface area (Å²) in [5.41, 5.74) is 5.94. The van der Waals surface area contributed by atoms with Crippen molar-refractivity contribution in [2.24, 2.45) is 0 Å². The lowest BCUT2D eigenvalue weighted by atomic mass is 10.0. The van der Waals surface area contributed by atoms with E-state index in [9.17, 15) is 0 Å². The molecule has 5 heteroatoms. The molecule has 29 heavy (non-hydrogen) atoms. The van der Waals surface area contributed by atoms with Gasteiger partial charge < -0.3 is 10.2 Å². The lowest BCUT2D eigenvalue weighted by Gasteiger charge is -2.21. The molecule has 2 heterocycles. The topological polar surface area (TPSA) is 41.0 Å². The van der Waals surface area contributed by atoms with Crippen LogP contribution < -0.4 is 10.2 Å². The molecular weight excluding hydrogens is 376 g/mol. The van der Waals surface area contributed by atoms with E-state index in [4.69, 9.17) is 0 Å². The van der Waals surface area contributed by atoms with Crippen LogP contribution in [0.15, 0.2) is 54.9 Å². The lowest BCUT2D eigenvalue weighted by Crippen LogP contribution is -2.21. The lowest BCUT2D eigenvalue weighted by molar-refractivity contribution is 0.866. The standard InChI is InChI=1S/C24H26N4S/c1-5-28(6-2)20-13-11-19(12-14-20)27-23-22-21(18-9-7-16(3)8-10-18)17(4)29-24(22)26-15-25-23/h7-15H,5-6H2,1-4H3,(H,25,26,27). The van der Waals surface area contributed by atoms with Gasteiger partial charge in [-0.2, -0.15) is 0 Å². The van der Waals surface area contributed by atoms with E-state index in [2.05, 4.69) is 96.4 Å². The second-order valence-electron chi connectivity index (χ2n) is 7.15. The minimum Gasteiger partial charge on any atom is -0.372 e. The van der Waals surface area contributed by atoms with Crippen LogP contribution in [-0.2, 0) is 0 Å². The number of hydrogen-bond acceptors (Lipinski definition) is 5. The quantitative estimate of drug-likeness (QED) is 0.396. The fraction of sp³-hybridized carbons (Fsp3) is 0.250. The molecule has 0 saturated heterocycles. The molecule has 0 aliphatic heterocycles. The third kappa shape index (κ3) is 3.83. The van der Waals surface area contributed by atoms with Gasteiger partial charge in [0.1, 0.15) is 17.0 Å². The molecule has 0 aliphatic carbocycles. The van der Waals surface area contributed by atoms with Crippen LogP contribution in [0.5, 0.6) is 0 Å². The number of nitrogens with zero attached hydrogens (tertiary/aromatic N) is 3. The van der Waals surface area contributed by atoms with E-state index in [1.165, 1.54) is 27.3 Å². The van der Waals surface area contributed by atoms with Crippen molar-refractivity contribution in [1.29, 1.82) is 0 Å². The molecular formula is C24H26N4S. The number of thiophene rings is 1. The number of aromatic nitrogens is 2. The number of rotatable bonds is 6. The largest absolute Gasteiger partial charge is 0.372 e. The van der Waals surface area contributed by atoms with Gasteiger partial charge in [0.15, 0.2) is 0 Å². The first-order valence-corrected chi connectivity index (χ1v) is 10.9. The fourth-order valence-electron chi connectivity index (χ4n) is 3.69. The summed E-state index contributed by atoms with van der Waals surface area (Å²) in [5, 5.41) is 4.61. The summed E-state index contributed by atoms with van der Waals surface area (Å²) in [6.45, 7) is 10.6. The van der Waals surface area contributed by atoms with Crippen molar-refractivity contribution in [1.82, 2.24) is 9.97 Å². The Labute approximate surface area is 176 Å². The van der Waals surface area contributed by atoms with Crippen LogP contribution in [0.2, 0.25) is 0 Å². The Hall–Kier alpha value is -2.92. The van der Waals surface area contributed by atoms with Crippen molar-refractivity contribution in [3.63, 3.8) is 0 Å². The smallest absolute Gasteiger partial charge is 0.143 e. The van der Waals surface area contributed by atoms with Gasteiger partial charge in [0, 0.05) is 34.9 Å². The molecule has 0 radical (unpaired) electrons. The van der Waals surface area contributed by atoms with E-state index in [0.29, 0.717) is 0 Å². The van der Waals surface area contributed by atoms with Crippen molar-refractivity contribution < 1.29 is 0 Å². The zero-order valence-electron chi connectivity index (χ0n) is 17.4. The maximum absolute atomic E-state index is 4.58. The second-order valence-corrected chi connectivity index (χ2v) is 8.35. The van der Waals surface area contributed by atoms with Crippen LogP contribution in [0, 0.1) is 13.8 Å². The van der Waals surface area contributed by atoms with Crippen molar-refractivity contribution in [3.05, 3.63) is 65.3 Å². The Morgan fingerprint density at radius 3 is 2.24 bits per heavy atom. The summed E-state index contributed by atoms with van der Waals surface area (Å²) in [6.07, 6.45) is 1.64. The molecule has 0 atom stereocenters. The molecule has 4 aromatic rings. The molecule has 4 nitrogen and oxygen atoms in total. The Bertz CT molecular complexity index is 1110. The van der Waals surface area contributed by atoms with Gasteiger partial charge in [-0.25, -0.2) is 9.97 Å². The Morgan fingerprint density at radius 2 is 1.59 bits per heavy atom. The summed E-state index contributed by atoms with van der Waals surface area (Å²) in [5.74, 6) is 0.852. The first kappa shape index (κ1) is 19.4. The van der Waals surface area contributed by atoms with Crippen LogP contribution in [0.3, 0.4) is 0 Å². The van der Waals surface area contributed by atoms with E-state index in [1.54, 1.807) is 17.7 Å². The van der Waals surface area contributed by atoms with Gasteiger partial charge in [0.05, 0.1) is 5.39 Å². The maximum Gasteiger partial charge on any atom is 0.143 e. The fourth-order valence-corrected chi connectivity index (χ4v) is 4.70. The van der Waals surface area contributed by atoms with Gasteiger partial charge in [-0.3, -0.25) is 0 Å². The number of anilines is 3. The van der Waals surface area contributed by atoms with Crippen LogP contribution in [0.1, 0.15) is 24.3 Å². The molecule has 0 spiro atoms. The molecule has 148 valence electrons. The van der Waals surface area contributed by atoms with Crippen LogP contribution in [0.4, 0.5) is 17.2 Å². The SMILES string of the molecule is CCN(CC)c1ccc(Nc2ncnc3sc(C)c(-c4ccc(C)cc4)c23)cc1. The minimum atomic E-state index is 0.852. The summed E-state index contributed by atoms with van der Waals surface area (Å²) in [6, 6.07) is 17.2. The predicted octanol–water partition coefficient (Wildman–Crippen LogP) is 6.56. The van der Waals surface area contributed by atoms with Gasteiger partial charge in [-0.15, -0.1) is 11.3 Å². The highest BCUT2D eigenvalue weighted by Gasteiger charge is 2.17. The van der Waals surface area contributed by atoms with Gasteiger partial charge in [0.2, 0.25) is 0 Å². The number of hydrogen-bond donors (Lipinski definition) is 1. The molecule has 0 unspecified atom stereocenters. The second kappa shape index (κ2) is 8.21. The molecule has 2 aromatic carbocycles. The first-order chi connectivity index (χ1) is 14.1. The normalized spacial score (nSPS) is 11.0. The Morgan fingerprint density at radius 1 is 0.897 bits per heavy atom. The van der Waals surface area contributed by atoms with Gasteiger partial charge in [-0.1, -0.05) is 29.8 Å². The molecule has 0 fully saturated rings. The highest BCUT2D eigenvalue weighted by Crippen LogP contribution is 2.41. The number of aryl methyl sites for hydroxylation is 2. The highest BCUT2D eigenvalue weighted by atomic mass is 32.1. The molecule has 2 aromatic heterocycles. The third-order valence-electron chi connectivity index (χ3n) is 5.26. The third-order valence-corrected chi connectivity index (χ3v) is 6.28. The molecule has 0 amide bonds. The molecule has 4 rings (SSSR count). The van der Waals surface area contributed by atoms with Gasteiger partial charge >= 0.3 is 0 Å². The van der Waals surface area contributed by atoms with Crippen LogP contribution in [-0.4, -0.2) is 23.1 Å². The van der Waals surface area contributed by atoms with E-state index in [0.717, 1.165) is 34.8 Å². The average molecular weight is 403 g/mol. The monoisotopic (exact) mass is 402 g/mol. The van der Waals surface area contributed by atoms with Gasteiger partial charge in [0.25, 0.3) is 0 Å². The predicted molar refractivity (Wildman–Crippen MR) is 126 cm³/mol. The molecule has 0 aliphatic rings. The van der Waals surface area contributed by atoms with Crippen LogP contribution >= 0.6 is 11.3 Å². The Kier molecular flexibility index (Phi) is 5.49. The molecule has 0 bridgehead atoms. The van der Waals surface area contributed by atoms with Crippen LogP contribution in [0.25, 0.3) is 21.3 Å². The summed E-state index contributed by atoms with van der Waals surface area (Å²) >= 11 is 1.72. The zero-order chi connectivity index (χ0) is 20.4. The van der Waals surface area contributed by atoms with E-state index in [-0.39, 0.29) is 0 Å². The average Bonchev–Trinajstić information content (AvgIpc) is 3.07. The number of benzene rings is 2. The number of fused-ring (bicyclic) bond motifs is 1. The van der Waals surface area contributed by atoms with E-state index >= 15 is 0 Å². The Balaban J connectivity index is 1.74. The van der Waals surface area contributed by atoms with E-state index in [1.807, 2.05) is 0 Å². The van der Waals surface area contributed by atoms with Crippen molar-refractivity contribution in [2.75, 3.05) is 23.3 Å².